The molecule has 3 aromatic carbocycles. The van der Waals surface area contributed by atoms with Crippen molar-refractivity contribution in [2.75, 3.05) is 22.0 Å². The Bertz CT molecular complexity index is 1250. The summed E-state index contributed by atoms with van der Waals surface area (Å²) >= 11 is 0. The van der Waals surface area contributed by atoms with E-state index in [1.165, 1.54) is 16.1 Å². The number of para-hydroxylation sites is 1. The predicted octanol–water partition coefficient (Wildman–Crippen LogP) is 4.86. The fourth-order valence-corrected chi connectivity index (χ4v) is 4.98. The second-order valence-corrected chi connectivity index (χ2v) is 10.3. The average Bonchev–Trinajstić information content (AvgIpc) is 2.78. The molecule has 0 N–H and O–H groups in total. The van der Waals surface area contributed by atoms with Gasteiger partial charge in [0, 0.05) is 17.8 Å². The number of carbonyl (C=O) groups excluding carboxylic acids is 1. The van der Waals surface area contributed by atoms with Gasteiger partial charge in [-0.25, -0.2) is 8.42 Å². The summed E-state index contributed by atoms with van der Waals surface area (Å²) in [6.07, 6.45) is 3.15. The number of amides is 1. The largest absolute Gasteiger partial charge is 0.308 e. The normalized spacial score (nSPS) is 13.5. The van der Waals surface area contributed by atoms with Crippen LogP contribution in [0.5, 0.6) is 0 Å². The van der Waals surface area contributed by atoms with Crippen LogP contribution >= 0.6 is 0 Å². The molecule has 1 aliphatic heterocycles. The predicted molar refractivity (Wildman–Crippen MR) is 130 cm³/mol. The smallest absolute Gasteiger partial charge is 0.258 e. The number of carbonyl (C=O) groups is 1. The first-order valence-electron chi connectivity index (χ1n) is 10.8. The van der Waals surface area contributed by atoms with E-state index in [2.05, 4.69) is 6.07 Å². The van der Waals surface area contributed by atoms with Crippen LogP contribution in [-0.4, -0.2) is 27.1 Å². The van der Waals surface area contributed by atoms with Gasteiger partial charge < -0.3 is 4.90 Å². The molecule has 0 atom stereocenters. The van der Waals surface area contributed by atoms with E-state index in [0.717, 1.165) is 35.2 Å². The van der Waals surface area contributed by atoms with Gasteiger partial charge in [0.25, 0.3) is 5.91 Å². The number of anilines is 2. The highest BCUT2D eigenvalue weighted by molar-refractivity contribution is 7.92. The van der Waals surface area contributed by atoms with E-state index in [-0.39, 0.29) is 12.5 Å². The van der Waals surface area contributed by atoms with Crippen molar-refractivity contribution in [3.63, 3.8) is 0 Å². The summed E-state index contributed by atoms with van der Waals surface area (Å²) in [4.78, 5) is 15.0. The van der Waals surface area contributed by atoms with E-state index in [1.54, 1.807) is 12.1 Å². The highest BCUT2D eigenvalue weighted by Gasteiger charge is 2.24. The standard InChI is InChI=1S/C26H28N2O3S/c1-19-10-15-24(17-20(19)2)28(32(3,30)31)18-21-11-13-23(14-12-21)26(29)27-16-6-8-22-7-4-5-9-25(22)27/h4-5,7,9-15,17H,6,8,16,18H2,1-3H3. The maximum atomic E-state index is 13.2. The van der Waals surface area contributed by atoms with Crippen LogP contribution in [0.1, 0.15) is 39.0 Å². The van der Waals surface area contributed by atoms with Gasteiger partial charge >= 0.3 is 0 Å². The summed E-state index contributed by atoms with van der Waals surface area (Å²) in [5.41, 5.74) is 6.39. The third-order valence-corrected chi connectivity index (χ3v) is 7.20. The first-order chi connectivity index (χ1) is 15.2. The molecule has 0 aromatic heterocycles. The van der Waals surface area contributed by atoms with E-state index >= 15 is 0 Å². The van der Waals surface area contributed by atoms with Crippen molar-refractivity contribution in [2.45, 2.75) is 33.2 Å². The molecule has 0 radical (unpaired) electrons. The topological polar surface area (TPSA) is 57.7 Å². The van der Waals surface area contributed by atoms with Gasteiger partial charge in [-0.3, -0.25) is 9.10 Å². The number of sulfonamides is 1. The Morgan fingerprint density at radius 2 is 1.69 bits per heavy atom. The lowest BCUT2D eigenvalue weighted by Crippen LogP contribution is -2.35. The van der Waals surface area contributed by atoms with Crippen molar-refractivity contribution >= 4 is 27.3 Å². The zero-order valence-electron chi connectivity index (χ0n) is 18.7. The molecule has 1 aliphatic rings. The minimum Gasteiger partial charge on any atom is -0.308 e. The summed E-state index contributed by atoms with van der Waals surface area (Å²) in [7, 11) is -3.46. The van der Waals surface area contributed by atoms with Crippen LogP contribution in [0.4, 0.5) is 11.4 Å². The van der Waals surface area contributed by atoms with Crippen molar-refractivity contribution in [3.05, 3.63) is 94.5 Å². The lowest BCUT2D eigenvalue weighted by atomic mass is 10.0. The molecule has 1 amide bonds. The van der Waals surface area contributed by atoms with Crippen molar-refractivity contribution in [1.82, 2.24) is 0 Å². The highest BCUT2D eigenvalue weighted by Crippen LogP contribution is 2.28. The van der Waals surface area contributed by atoms with Crippen LogP contribution in [0.2, 0.25) is 0 Å². The van der Waals surface area contributed by atoms with E-state index in [0.29, 0.717) is 17.8 Å². The minimum absolute atomic E-state index is 0.0298. The maximum absolute atomic E-state index is 13.2. The second-order valence-electron chi connectivity index (χ2n) is 8.42. The maximum Gasteiger partial charge on any atom is 0.258 e. The van der Waals surface area contributed by atoms with Gasteiger partial charge in [0.1, 0.15) is 0 Å². The number of rotatable bonds is 5. The molecule has 0 bridgehead atoms. The van der Waals surface area contributed by atoms with Crippen LogP contribution in [0.25, 0.3) is 0 Å². The lowest BCUT2D eigenvalue weighted by molar-refractivity contribution is 0.0985. The molecule has 5 nitrogen and oxygen atoms in total. The monoisotopic (exact) mass is 448 g/mol. The Morgan fingerprint density at radius 3 is 2.38 bits per heavy atom. The highest BCUT2D eigenvalue weighted by atomic mass is 32.2. The zero-order valence-corrected chi connectivity index (χ0v) is 19.5. The SMILES string of the molecule is Cc1ccc(N(Cc2ccc(C(=O)N3CCCc4ccccc43)cc2)S(C)(=O)=O)cc1C. The molecule has 0 saturated heterocycles. The lowest BCUT2D eigenvalue weighted by Gasteiger charge is -2.29. The number of hydrogen-bond donors (Lipinski definition) is 0. The van der Waals surface area contributed by atoms with Gasteiger partial charge in [-0.2, -0.15) is 0 Å². The number of nitrogens with zero attached hydrogens (tertiary/aromatic N) is 2. The molecule has 0 saturated carbocycles. The quantitative estimate of drug-likeness (QED) is 0.560. The number of benzene rings is 3. The molecular formula is C26H28N2O3S. The molecule has 32 heavy (non-hydrogen) atoms. The molecule has 166 valence electrons. The van der Waals surface area contributed by atoms with E-state index in [1.807, 2.05) is 67.3 Å². The molecule has 0 aliphatic carbocycles. The number of aryl methyl sites for hydroxylation is 3. The van der Waals surface area contributed by atoms with Gasteiger partial charge in [0.2, 0.25) is 10.0 Å². The fraction of sp³-hybridized carbons (Fsp3) is 0.269. The Morgan fingerprint density at radius 1 is 0.969 bits per heavy atom. The minimum atomic E-state index is -3.46. The summed E-state index contributed by atoms with van der Waals surface area (Å²) in [5, 5.41) is 0. The summed E-state index contributed by atoms with van der Waals surface area (Å²) < 4.78 is 26.4. The van der Waals surface area contributed by atoms with Gasteiger partial charge in [0.15, 0.2) is 0 Å². The third kappa shape index (κ3) is 4.55. The van der Waals surface area contributed by atoms with Gasteiger partial charge in [-0.1, -0.05) is 36.4 Å². The molecule has 3 aromatic rings. The zero-order chi connectivity index (χ0) is 22.9. The van der Waals surface area contributed by atoms with Crippen molar-refractivity contribution < 1.29 is 13.2 Å². The fourth-order valence-electron chi connectivity index (χ4n) is 4.10. The average molecular weight is 449 g/mol. The molecule has 0 fully saturated rings. The Labute approximate surface area is 190 Å². The van der Waals surface area contributed by atoms with Crippen LogP contribution in [0, 0.1) is 13.8 Å². The van der Waals surface area contributed by atoms with Crippen molar-refractivity contribution in [3.8, 4) is 0 Å². The summed E-state index contributed by atoms with van der Waals surface area (Å²) in [6.45, 7) is 4.88. The number of fused-ring (bicyclic) bond motifs is 1. The summed E-state index contributed by atoms with van der Waals surface area (Å²) in [5.74, 6) is -0.0298. The first kappa shape index (κ1) is 22.1. The molecule has 0 spiro atoms. The van der Waals surface area contributed by atoms with Crippen molar-refractivity contribution in [1.29, 1.82) is 0 Å². The molecule has 1 heterocycles. The van der Waals surface area contributed by atoms with Gasteiger partial charge in [-0.05, 0) is 79.3 Å². The third-order valence-electron chi connectivity index (χ3n) is 6.06. The van der Waals surface area contributed by atoms with Crippen LogP contribution in [-0.2, 0) is 23.0 Å². The van der Waals surface area contributed by atoms with E-state index in [4.69, 9.17) is 0 Å². The Hall–Kier alpha value is -3.12. The number of hydrogen-bond acceptors (Lipinski definition) is 3. The van der Waals surface area contributed by atoms with Crippen molar-refractivity contribution in [2.24, 2.45) is 0 Å². The Kier molecular flexibility index (Phi) is 6.07. The Balaban J connectivity index is 1.57. The second kappa shape index (κ2) is 8.79. The van der Waals surface area contributed by atoms with Crippen LogP contribution in [0.3, 0.4) is 0 Å². The first-order valence-corrected chi connectivity index (χ1v) is 12.6. The molecule has 0 unspecified atom stereocenters. The van der Waals surface area contributed by atoms with E-state index < -0.39 is 10.0 Å². The van der Waals surface area contributed by atoms with E-state index in [9.17, 15) is 13.2 Å². The van der Waals surface area contributed by atoms with Crippen LogP contribution < -0.4 is 9.21 Å². The van der Waals surface area contributed by atoms with Gasteiger partial charge in [-0.15, -0.1) is 0 Å². The molecule has 6 heteroatoms. The molecular weight excluding hydrogens is 420 g/mol. The van der Waals surface area contributed by atoms with Gasteiger partial charge in [0.05, 0.1) is 18.5 Å². The molecule has 4 rings (SSSR count). The van der Waals surface area contributed by atoms with Crippen LogP contribution in [0.15, 0.2) is 66.7 Å². The summed E-state index contributed by atoms with van der Waals surface area (Å²) in [6, 6.07) is 20.9.